The Morgan fingerprint density at radius 2 is 1.61 bits per heavy atom. The standard InChI is InChI=1S/C25H23NO6S/c1-30-16-11-9-15(10-12-16)22-21(23(27)20-18(31-2)7-4-8-19(20)32-3)24(28)25(29)26(22)14-17-6-5-13-33-17/h4-13,22,27H,14H2,1-3H3/b23-21+. The van der Waals surface area contributed by atoms with Gasteiger partial charge in [-0.15, -0.1) is 11.3 Å². The van der Waals surface area contributed by atoms with E-state index in [-0.39, 0.29) is 23.4 Å². The smallest absolute Gasteiger partial charge is 0.295 e. The Labute approximate surface area is 195 Å². The number of carbonyl (C=O) groups is 2. The minimum Gasteiger partial charge on any atom is -0.506 e. The molecule has 33 heavy (non-hydrogen) atoms. The van der Waals surface area contributed by atoms with Crippen LogP contribution in [0.25, 0.3) is 5.76 Å². The molecule has 1 aliphatic heterocycles. The Morgan fingerprint density at radius 3 is 2.15 bits per heavy atom. The van der Waals surface area contributed by atoms with Gasteiger partial charge in [0.05, 0.1) is 39.5 Å². The molecule has 1 N–H and O–H groups in total. The van der Waals surface area contributed by atoms with Gasteiger partial charge in [0.2, 0.25) is 0 Å². The molecule has 2 aromatic carbocycles. The van der Waals surface area contributed by atoms with Crippen LogP contribution >= 0.6 is 11.3 Å². The summed E-state index contributed by atoms with van der Waals surface area (Å²) in [5.74, 6) is -0.510. The van der Waals surface area contributed by atoms with Gasteiger partial charge in [-0.25, -0.2) is 0 Å². The minimum atomic E-state index is -0.798. The van der Waals surface area contributed by atoms with E-state index in [9.17, 15) is 14.7 Å². The average molecular weight is 466 g/mol. The molecule has 3 aromatic rings. The highest BCUT2D eigenvalue weighted by atomic mass is 32.1. The van der Waals surface area contributed by atoms with Crippen molar-refractivity contribution in [1.29, 1.82) is 0 Å². The predicted octanol–water partition coefficient (Wildman–Crippen LogP) is 4.40. The molecule has 1 atom stereocenters. The van der Waals surface area contributed by atoms with Crippen molar-refractivity contribution in [2.24, 2.45) is 0 Å². The maximum absolute atomic E-state index is 13.3. The molecule has 1 aliphatic rings. The number of aliphatic hydroxyl groups excluding tert-OH is 1. The van der Waals surface area contributed by atoms with E-state index in [2.05, 4.69) is 0 Å². The summed E-state index contributed by atoms with van der Waals surface area (Å²) in [5, 5.41) is 13.3. The zero-order valence-corrected chi connectivity index (χ0v) is 19.2. The SMILES string of the molecule is COc1ccc(C2/C(=C(\O)c3c(OC)cccc3OC)C(=O)C(=O)N2Cc2cccs2)cc1. The lowest BCUT2D eigenvalue weighted by Gasteiger charge is -2.25. The van der Waals surface area contributed by atoms with Crippen LogP contribution in [0, 0.1) is 0 Å². The second-order valence-electron chi connectivity index (χ2n) is 7.32. The quantitative estimate of drug-likeness (QED) is 0.316. The number of likely N-dealkylation sites (tertiary alicyclic amines) is 1. The lowest BCUT2D eigenvalue weighted by Crippen LogP contribution is -2.28. The van der Waals surface area contributed by atoms with Crippen LogP contribution in [-0.2, 0) is 16.1 Å². The zero-order chi connectivity index (χ0) is 23.5. The molecule has 8 heteroatoms. The molecule has 1 unspecified atom stereocenters. The first-order valence-corrected chi connectivity index (χ1v) is 11.0. The van der Waals surface area contributed by atoms with Crippen molar-refractivity contribution in [2.75, 3.05) is 21.3 Å². The number of hydrogen-bond donors (Lipinski definition) is 1. The van der Waals surface area contributed by atoms with Gasteiger partial charge in [0, 0.05) is 4.88 Å². The van der Waals surface area contributed by atoms with E-state index in [1.54, 1.807) is 49.6 Å². The first kappa shape index (κ1) is 22.4. The third-order valence-corrected chi connectivity index (χ3v) is 6.40. The van der Waals surface area contributed by atoms with Crippen LogP contribution in [0.2, 0.25) is 0 Å². The minimum absolute atomic E-state index is 0.0236. The molecular formula is C25H23NO6S. The second-order valence-corrected chi connectivity index (χ2v) is 8.35. The molecule has 1 aromatic heterocycles. The molecular weight excluding hydrogens is 442 g/mol. The van der Waals surface area contributed by atoms with Crippen LogP contribution in [0.5, 0.6) is 17.2 Å². The summed E-state index contributed by atoms with van der Waals surface area (Å²) in [4.78, 5) is 28.8. The number of carbonyl (C=O) groups excluding carboxylic acids is 2. The van der Waals surface area contributed by atoms with Crippen molar-refractivity contribution in [3.05, 3.63) is 81.6 Å². The van der Waals surface area contributed by atoms with Gasteiger partial charge in [0.15, 0.2) is 0 Å². The van der Waals surface area contributed by atoms with E-state index in [4.69, 9.17) is 14.2 Å². The fraction of sp³-hybridized carbons (Fsp3) is 0.200. The summed E-state index contributed by atoms with van der Waals surface area (Å²) in [6.45, 7) is 0.235. The average Bonchev–Trinajstić information content (AvgIpc) is 3.45. The van der Waals surface area contributed by atoms with Crippen molar-refractivity contribution in [2.45, 2.75) is 12.6 Å². The number of hydrogen-bond acceptors (Lipinski definition) is 7. The largest absolute Gasteiger partial charge is 0.506 e. The molecule has 170 valence electrons. The summed E-state index contributed by atoms with van der Waals surface area (Å²) in [6, 6.07) is 15.1. The molecule has 2 heterocycles. The molecule has 0 aliphatic carbocycles. The van der Waals surface area contributed by atoms with Crippen molar-refractivity contribution >= 4 is 28.8 Å². The highest BCUT2D eigenvalue weighted by Crippen LogP contribution is 2.44. The molecule has 4 rings (SSSR count). The molecule has 0 radical (unpaired) electrons. The Morgan fingerprint density at radius 1 is 0.939 bits per heavy atom. The number of methoxy groups -OCH3 is 3. The molecule has 1 fully saturated rings. The summed E-state index contributed by atoms with van der Waals surface area (Å²) < 4.78 is 16.1. The first-order chi connectivity index (χ1) is 16.0. The van der Waals surface area contributed by atoms with Crippen LogP contribution in [0.3, 0.4) is 0 Å². The number of amides is 1. The number of nitrogens with zero attached hydrogens (tertiary/aromatic N) is 1. The van der Waals surface area contributed by atoms with Crippen molar-refractivity contribution < 1.29 is 28.9 Å². The van der Waals surface area contributed by atoms with Crippen LogP contribution in [0.4, 0.5) is 0 Å². The highest BCUT2D eigenvalue weighted by molar-refractivity contribution is 7.09. The van der Waals surface area contributed by atoms with E-state index in [0.29, 0.717) is 22.8 Å². The van der Waals surface area contributed by atoms with Crippen LogP contribution in [0.15, 0.2) is 65.6 Å². The normalized spacial score (nSPS) is 17.3. The maximum atomic E-state index is 13.3. The van der Waals surface area contributed by atoms with Crippen molar-refractivity contribution in [3.63, 3.8) is 0 Å². The number of rotatable bonds is 7. The van der Waals surface area contributed by atoms with Crippen LogP contribution in [-0.4, -0.2) is 43.0 Å². The molecule has 0 bridgehead atoms. The summed E-state index contributed by atoms with van der Waals surface area (Å²) in [5.41, 5.74) is 0.863. The Bertz CT molecular complexity index is 1180. The lowest BCUT2D eigenvalue weighted by atomic mass is 9.94. The Balaban J connectivity index is 1.93. The Kier molecular flexibility index (Phi) is 6.37. The van der Waals surface area contributed by atoms with Gasteiger partial charge in [-0.05, 0) is 41.3 Å². The monoisotopic (exact) mass is 465 g/mol. The lowest BCUT2D eigenvalue weighted by molar-refractivity contribution is -0.140. The molecule has 1 amide bonds. The van der Waals surface area contributed by atoms with Gasteiger partial charge < -0.3 is 24.2 Å². The molecule has 0 spiro atoms. The number of ketones is 1. The van der Waals surface area contributed by atoms with Crippen molar-refractivity contribution in [1.82, 2.24) is 4.90 Å². The number of thiophene rings is 1. The van der Waals surface area contributed by atoms with Crippen molar-refractivity contribution in [3.8, 4) is 17.2 Å². The third kappa shape index (κ3) is 4.05. The van der Waals surface area contributed by atoms with Crippen LogP contribution < -0.4 is 14.2 Å². The van der Waals surface area contributed by atoms with Gasteiger partial charge >= 0.3 is 0 Å². The highest BCUT2D eigenvalue weighted by Gasteiger charge is 2.46. The van der Waals surface area contributed by atoms with Gasteiger partial charge in [-0.2, -0.15) is 0 Å². The fourth-order valence-corrected chi connectivity index (χ4v) is 4.67. The number of aliphatic hydroxyl groups is 1. The zero-order valence-electron chi connectivity index (χ0n) is 18.4. The van der Waals surface area contributed by atoms with E-state index in [1.807, 2.05) is 17.5 Å². The first-order valence-electron chi connectivity index (χ1n) is 10.2. The van der Waals surface area contributed by atoms with E-state index in [0.717, 1.165) is 4.88 Å². The summed E-state index contributed by atoms with van der Waals surface area (Å²) in [7, 11) is 4.48. The fourth-order valence-electron chi connectivity index (χ4n) is 3.97. The number of ether oxygens (including phenoxy) is 3. The third-order valence-electron chi connectivity index (χ3n) is 5.54. The van der Waals surface area contributed by atoms with Crippen LogP contribution in [0.1, 0.15) is 22.0 Å². The predicted molar refractivity (Wildman–Crippen MR) is 125 cm³/mol. The number of Topliss-reactive ketones (excluding diaryl/α,β-unsaturated/α-hetero) is 1. The summed E-state index contributed by atoms with van der Waals surface area (Å²) in [6.07, 6.45) is 0. The molecule has 7 nitrogen and oxygen atoms in total. The summed E-state index contributed by atoms with van der Waals surface area (Å²) >= 11 is 1.49. The van der Waals surface area contributed by atoms with E-state index >= 15 is 0 Å². The van der Waals surface area contributed by atoms with Gasteiger partial charge in [-0.1, -0.05) is 24.3 Å². The number of benzene rings is 2. The van der Waals surface area contributed by atoms with Gasteiger partial charge in [-0.3, -0.25) is 9.59 Å². The second kappa shape index (κ2) is 9.38. The van der Waals surface area contributed by atoms with Gasteiger partial charge in [0.25, 0.3) is 11.7 Å². The topological polar surface area (TPSA) is 85.3 Å². The molecule has 1 saturated heterocycles. The van der Waals surface area contributed by atoms with Gasteiger partial charge in [0.1, 0.15) is 28.6 Å². The Hall–Kier alpha value is -3.78. The van der Waals surface area contributed by atoms with E-state index in [1.165, 1.54) is 30.5 Å². The maximum Gasteiger partial charge on any atom is 0.295 e. The van der Waals surface area contributed by atoms with E-state index < -0.39 is 17.7 Å². The molecule has 0 saturated carbocycles.